The Kier molecular flexibility index (Phi) is 15.0. The summed E-state index contributed by atoms with van der Waals surface area (Å²) in [6.07, 6.45) is -14.0. The van der Waals surface area contributed by atoms with Crippen LogP contribution in [0.2, 0.25) is 0 Å². The van der Waals surface area contributed by atoms with Gasteiger partial charge in [-0.3, -0.25) is 14.4 Å². The van der Waals surface area contributed by atoms with E-state index in [0.717, 1.165) is 20.8 Å². The summed E-state index contributed by atoms with van der Waals surface area (Å²) in [5, 5.41) is 38.9. The largest absolute Gasteiger partial charge is 0.487 e. The fraction of sp³-hybridized carbons (Fsp3) is 0.463. The number of hydrogen-bond acceptors (Lipinski definition) is 17. The summed E-state index contributed by atoms with van der Waals surface area (Å²) in [5.41, 5.74) is -7.26. The molecule has 72 heavy (non-hydrogen) atoms. The van der Waals surface area contributed by atoms with Crippen LogP contribution in [-0.2, 0) is 57.1 Å². The number of fused-ring (bicyclic) bond motifs is 5. The molecule has 18 nitrogen and oxygen atoms in total. The van der Waals surface area contributed by atoms with Gasteiger partial charge in [-0.2, -0.15) is 0 Å². The van der Waals surface area contributed by atoms with Gasteiger partial charge in [-0.1, -0.05) is 87.2 Å². The van der Waals surface area contributed by atoms with Gasteiger partial charge in [0.25, 0.3) is 5.91 Å². The van der Waals surface area contributed by atoms with Crippen molar-refractivity contribution in [2.24, 2.45) is 16.7 Å². The van der Waals surface area contributed by atoms with E-state index in [-0.39, 0.29) is 46.6 Å². The molecule has 0 spiro atoms. The standard InChI is InChI=1S/C54H61NO17/c1-28(2)72-53-27-66-38(53)25-37(58)52(9)43(53)45(71-49(63)35-23-17-12-18-24-35)54(65)26-36(29(3)39(51(54,7)8)41(44(52)59)68-32(6)57)69-50(64)42(70-48(62)31(5)67-47(61)30(4)56)40(33-19-13-10-14-20-33)55-46(60)34-21-15-11-16-22-34/h10-24,30-31,36-38,40-43,45,56,58,65H,1,25-27H2,2-9H3,(H,55,60)/t30?,31?,36?,37-,38+,40?,41+,42+,43?,45-,52+,53-,54+/m0/s1. The van der Waals surface area contributed by atoms with E-state index in [4.69, 9.17) is 33.2 Å². The molecule has 1 aliphatic heterocycles. The van der Waals surface area contributed by atoms with Crippen molar-refractivity contribution in [2.45, 2.75) is 134 Å². The molecule has 0 radical (unpaired) electrons. The third-order valence-corrected chi connectivity index (χ3v) is 14.7. The number of hydrogen-bond donors (Lipinski definition) is 4. The second-order valence-electron chi connectivity index (χ2n) is 19.7. The minimum absolute atomic E-state index is 0.0482. The molecule has 4 N–H and O–H groups in total. The first-order valence-corrected chi connectivity index (χ1v) is 23.6. The molecule has 13 atom stereocenters. The lowest BCUT2D eigenvalue weighted by atomic mass is 9.44. The number of benzene rings is 3. The highest BCUT2D eigenvalue weighted by Crippen LogP contribution is 2.64. The van der Waals surface area contributed by atoms with Crippen LogP contribution in [0.3, 0.4) is 0 Å². The summed E-state index contributed by atoms with van der Waals surface area (Å²) < 4.78 is 42.3. The van der Waals surface area contributed by atoms with Crippen LogP contribution in [0.4, 0.5) is 0 Å². The molecule has 7 rings (SSSR count). The van der Waals surface area contributed by atoms with E-state index >= 15 is 9.59 Å². The van der Waals surface area contributed by atoms with Gasteiger partial charge in [0, 0.05) is 30.7 Å². The zero-order valence-corrected chi connectivity index (χ0v) is 41.3. The highest BCUT2D eigenvalue weighted by Gasteiger charge is 2.78. The van der Waals surface area contributed by atoms with Gasteiger partial charge in [0.15, 0.2) is 23.6 Å². The number of ether oxygens (including phenoxy) is 7. The third kappa shape index (κ3) is 9.55. The van der Waals surface area contributed by atoms with Gasteiger partial charge in [-0.25, -0.2) is 19.2 Å². The topological polar surface area (TPSA) is 257 Å². The van der Waals surface area contributed by atoms with Crippen LogP contribution in [0.15, 0.2) is 114 Å². The molecule has 2 saturated carbocycles. The number of esters is 5. The summed E-state index contributed by atoms with van der Waals surface area (Å²) in [4.78, 5) is 99.1. The predicted octanol–water partition coefficient (Wildman–Crippen LogP) is 4.59. The third-order valence-electron chi connectivity index (χ3n) is 14.7. The van der Waals surface area contributed by atoms with E-state index in [2.05, 4.69) is 11.9 Å². The van der Waals surface area contributed by atoms with Gasteiger partial charge in [-0.05, 0) is 75.6 Å². The number of nitrogens with one attached hydrogen (secondary N) is 1. The SMILES string of the molecule is C=C(C)O[C@@]12CO[C@@H]1C[C@H](O)[C@@]1(C)C(=O)[C@H](OC(C)=O)C3=C(C)C(OC(=O)[C@H](OC(=O)C(C)OC(=O)C(C)O)C(NC(=O)c4ccccc4)c4ccccc4)C[C@@](O)([C@@H](OC(=O)c4ccccc4)C12)C3(C)C. The molecule has 5 unspecified atom stereocenters. The fourth-order valence-corrected chi connectivity index (χ4v) is 10.9. The van der Waals surface area contributed by atoms with E-state index in [0.29, 0.717) is 0 Å². The molecule has 2 bridgehead atoms. The van der Waals surface area contributed by atoms with Crippen molar-refractivity contribution < 1.29 is 82.0 Å². The molecule has 4 aliphatic rings. The van der Waals surface area contributed by atoms with Gasteiger partial charge in [0.05, 0.1) is 35.4 Å². The van der Waals surface area contributed by atoms with Crippen LogP contribution in [0.25, 0.3) is 0 Å². The maximum Gasteiger partial charge on any atom is 0.350 e. The van der Waals surface area contributed by atoms with Crippen LogP contribution >= 0.6 is 0 Å². The zero-order chi connectivity index (χ0) is 52.7. The molecule has 1 saturated heterocycles. The number of carbonyl (C=O) groups excluding carboxylic acids is 7. The summed E-state index contributed by atoms with van der Waals surface area (Å²) in [6, 6.07) is 22.3. The quantitative estimate of drug-likeness (QED) is 0.0703. The molecule has 3 aromatic rings. The van der Waals surface area contributed by atoms with Crippen LogP contribution < -0.4 is 5.32 Å². The molecular formula is C54H61NO17. The maximum absolute atomic E-state index is 15.8. The van der Waals surface area contributed by atoms with Gasteiger partial charge < -0.3 is 53.8 Å². The molecule has 3 fully saturated rings. The first kappa shape index (κ1) is 53.1. The first-order chi connectivity index (χ1) is 33.9. The number of Topliss-reactive ketones (excluding diaryl/α,β-unsaturated/α-hetero) is 1. The Morgan fingerprint density at radius 2 is 1.39 bits per heavy atom. The van der Waals surface area contributed by atoms with Crippen molar-refractivity contribution in [1.82, 2.24) is 5.32 Å². The maximum atomic E-state index is 15.8. The average molecular weight is 996 g/mol. The van der Waals surface area contributed by atoms with Crippen molar-refractivity contribution in [1.29, 1.82) is 0 Å². The van der Waals surface area contributed by atoms with E-state index in [1.165, 1.54) is 38.1 Å². The molecule has 1 amide bonds. The van der Waals surface area contributed by atoms with E-state index in [9.17, 15) is 39.3 Å². The van der Waals surface area contributed by atoms with E-state index in [1.807, 2.05) is 0 Å². The second kappa shape index (κ2) is 20.4. The number of aliphatic hydroxyl groups is 3. The molecule has 18 heteroatoms. The van der Waals surface area contributed by atoms with Gasteiger partial charge in [0.1, 0.15) is 36.1 Å². The van der Waals surface area contributed by atoms with E-state index in [1.54, 1.807) is 87.5 Å². The number of ketones is 1. The van der Waals surface area contributed by atoms with Gasteiger partial charge in [-0.15, -0.1) is 0 Å². The lowest BCUT2D eigenvalue weighted by Gasteiger charge is -2.67. The minimum atomic E-state index is -2.44. The van der Waals surface area contributed by atoms with Crippen LogP contribution in [0, 0.1) is 16.7 Å². The summed E-state index contributed by atoms with van der Waals surface area (Å²) >= 11 is 0. The van der Waals surface area contributed by atoms with Crippen LogP contribution in [-0.4, -0.2) is 123 Å². The highest BCUT2D eigenvalue weighted by molar-refractivity contribution is 5.96. The van der Waals surface area contributed by atoms with Crippen molar-refractivity contribution in [3.8, 4) is 0 Å². The highest BCUT2D eigenvalue weighted by atomic mass is 16.6. The normalized spacial score (nSPS) is 29.8. The predicted molar refractivity (Wildman–Crippen MR) is 253 cm³/mol. The Bertz CT molecular complexity index is 2630. The molecule has 384 valence electrons. The number of amides is 1. The number of rotatable bonds is 15. The molecular weight excluding hydrogens is 935 g/mol. The lowest BCUT2D eigenvalue weighted by Crippen LogP contribution is -2.81. The van der Waals surface area contributed by atoms with Crippen molar-refractivity contribution >= 4 is 41.5 Å². The number of aliphatic hydroxyl groups excluding tert-OH is 2. The Morgan fingerprint density at radius 3 is 1.93 bits per heavy atom. The monoisotopic (exact) mass is 995 g/mol. The van der Waals surface area contributed by atoms with E-state index < -0.39 is 131 Å². The minimum Gasteiger partial charge on any atom is -0.487 e. The molecule has 3 aromatic carbocycles. The number of allylic oxidation sites excluding steroid dienone is 1. The number of carbonyl (C=O) groups is 7. The van der Waals surface area contributed by atoms with Crippen molar-refractivity contribution in [3.63, 3.8) is 0 Å². The molecule has 0 aromatic heterocycles. The molecule has 3 aliphatic carbocycles. The van der Waals surface area contributed by atoms with Crippen molar-refractivity contribution in [2.75, 3.05) is 6.61 Å². The Labute approximate surface area is 416 Å². The van der Waals surface area contributed by atoms with Gasteiger partial charge >= 0.3 is 29.8 Å². The Morgan fingerprint density at radius 1 is 0.806 bits per heavy atom. The fourth-order valence-electron chi connectivity index (χ4n) is 10.9. The Balaban J connectivity index is 1.42. The summed E-state index contributed by atoms with van der Waals surface area (Å²) in [5.74, 6) is -8.49. The smallest absolute Gasteiger partial charge is 0.350 e. The second-order valence-corrected chi connectivity index (χ2v) is 19.7. The van der Waals surface area contributed by atoms with Crippen LogP contribution in [0.5, 0.6) is 0 Å². The summed E-state index contributed by atoms with van der Waals surface area (Å²) in [7, 11) is 0. The first-order valence-electron chi connectivity index (χ1n) is 23.6. The lowest BCUT2D eigenvalue weighted by molar-refractivity contribution is -0.347. The molecule has 1 heterocycles. The van der Waals surface area contributed by atoms with Crippen molar-refractivity contribution in [3.05, 3.63) is 131 Å². The summed E-state index contributed by atoms with van der Waals surface area (Å²) in [6.45, 7) is 14.7. The zero-order valence-electron chi connectivity index (χ0n) is 41.3. The van der Waals surface area contributed by atoms with Crippen LogP contribution in [0.1, 0.15) is 101 Å². The Hall–Kier alpha value is -6.73. The average Bonchev–Trinajstić information content (AvgIpc) is 3.33. The van der Waals surface area contributed by atoms with Gasteiger partial charge in [0.2, 0.25) is 6.10 Å².